The van der Waals surface area contributed by atoms with Crippen LogP contribution in [0.5, 0.6) is 0 Å². The molecule has 0 fully saturated rings. The molecular weight excluding hydrogens is 204 g/mol. The van der Waals surface area contributed by atoms with E-state index in [-0.39, 0.29) is 11.9 Å². The van der Waals surface area contributed by atoms with Crippen LogP contribution in [0.25, 0.3) is 0 Å². The number of amides is 2. The first-order valence-electron chi connectivity index (χ1n) is 5.29. The number of allylic oxidation sites excluding steroid dienone is 3. The van der Waals surface area contributed by atoms with Gasteiger partial charge in [-0.3, -0.25) is 0 Å². The molecule has 16 heavy (non-hydrogen) atoms. The number of nitrogens with zero attached hydrogens (tertiary/aromatic N) is 1. The summed E-state index contributed by atoms with van der Waals surface area (Å²) in [5.74, 6) is -0.149. The van der Waals surface area contributed by atoms with E-state index < -0.39 is 0 Å². The number of hydrogen-bond acceptors (Lipinski definition) is 3. The summed E-state index contributed by atoms with van der Waals surface area (Å²) in [6, 6.07) is 1.88. The van der Waals surface area contributed by atoms with Gasteiger partial charge in [0, 0.05) is 12.2 Å². The molecule has 0 aliphatic heterocycles. The van der Waals surface area contributed by atoms with Gasteiger partial charge >= 0.3 is 6.03 Å². The van der Waals surface area contributed by atoms with E-state index in [1.807, 2.05) is 6.08 Å². The third-order valence-electron chi connectivity index (χ3n) is 2.16. The lowest BCUT2D eigenvalue weighted by Gasteiger charge is -2.12. The highest BCUT2D eigenvalue weighted by Crippen LogP contribution is 2.13. The Balaban J connectivity index is 2.36. The van der Waals surface area contributed by atoms with Gasteiger partial charge in [0.2, 0.25) is 0 Å². The van der Waals surface area contributed by atoms with E-state index in [1.54, 1.807) is 12.2 Å². The standard InChI is InChI=1S/C11H16N4O/c12-5-2-6-14-11(16)15-10-4-1-3-9(7-10)8-13/h1,4,7,9H,2-3,5-6,12H2,(H2,14,15,16). The Morgan fingerprint density at radius 2 is 2.50 bits per heavy atom. The monoisotopic (exact) mass is 220 g/mol. The van der Waals surface area contributed by atoms with Crippen molar-refractivity contribution in [2.45, 2.75) is 12.8 Å². The number of rotatable bonds is 4. The van der Waals surface area contributed by atoms with Crippen molar-refractivity contribution < 1.29 is 4.79 Å². The third-order valence-corrected chi connectivity index (χ3v) is 2.16. The first-order valence-corrected chi connectivity index (χ1v) is 5.29. The zero-order valence-electron chi connectivity index (χ0n) is 9.07. The Labute approximate surface area is 95.0 Å². The highest BCUT2D eigenvalue weighted by atomic mass is 16.2. The summed E-state index contributed by atoms with van der Waals surface area (Å²) in [5, 5.41) is 14.1. The predicted octanol–water partition coefficient (Wildman–Crippen LogP) is 0.618. The number of nitrogens with one attached hydrogen (secondary N) is 2. The van der Waals surface area contributed by atoms with Gasteiger partial charge in [-0.2, -0.15) is 5.26 Å². The second-order valence-electron chi connectivity index (χ2n) is 3.52. The van der Waals surface area contributed by atoms with E-state index in [4.69, 9.17) is 11.0 Å². The van der Waals surface area contributed by atoms with E-state index in [9.17, 15) is 4.79 Å². The maximum Gasteiger partial charge on any atom is 0.319 e. The summed E-state index contributed by atoms with van der Waals surface area (Å²) < 4.78 is 0. The fourth-order valence-electron chi connectivity index (χ4n) is 1.33. The number of carbonyl (C=O) groups is 1. The summed E-state index contributed by atoms with van der Waals surface area (Å²) in [5.41, 5.74) is 5.97. The molecule has 0 bridgehead atoms. The molecule has 5 nitrogen and oxygen atoms in total. The molecule has 1 aliphatic carbocycles. The molecular formula is C11H16N4O. The maximum atomic E-state index is 11.4. The van der Waals surface area contributed by atoms with Gasteiger partial charge in [-0.05, 0) is 31.5 Å². The molecule has 0 radical (unpaired) electrons. The van der Waals surface area contributed by atoms with Crippen molar-refractivity contribution in [2.75, 3.05) is 13.1 Å². The molecule has 86 valence electrons. The van der Waals surface area contributed by atoms with Crippen LogP contribution in [0.1, 0.15) is 12.8 Å². The Bertz CT molecular complexity index is 340. The van der Waals surface area contributed by atoms with Gasteiger partial charge in [-0.1, -0.05) is 6.08 Å². The topological polar surface area (TPSA) is 90.9 Å². The second-order valence-corrected chi connectivity index (χ2v) is 3.52. The van der Waals surface area contributed by atoms with E-state index >= 15 is 0 Å². The number of carbonyl (C=O) groups excluding carboxylic acids is 1. The minimum atomic E-state index is -0.261. The van der Waals surface area contributed by atoms with Crippen LogP contribution in [0.4, 0.5) is 4.79 Å². The lowest BCUT2D eigenvalue weighted by Crippen LogP contribution is -2.36. The largest absolute Gasteiger partial charge is 0.338 e. The average molecular weight is 220 g/mol. The van der Waals surface area contributed by atoms with E-state index in [1.165, 1.54) is 0 Å². The highest BCUT2D eigenvalue weighted by molar-refractivity contribution is 5.76. The van der Waals surface area contributed by atoms with Crippen LogP contribution in [0.15, 0.2) is 23.9 Å². The highest BCUT2D eigenvalue weighted by Gasteiger charge is 2.09. The van der Waals surface area contributed by atoms with Crippen molar-refractivity contribution in [2.24, 2.45) is 11.7 Å². The molecule has 4 N–H and O–H groups in total. The van der Waals surface area contributed by atoms with Gasteiger partial charge < -0.3 is 16.4 Å². The fourth-order valence-corrected chi connectivity index (χ4v) is 1.33. The maximum absolute atomic E-state index is 11.4. The number of hydrogen-bond donors (Lipinski definition) is 3. The van der Waals surface area contributed by atoms with Crippen molar-refractivity contribution in [3.8, 4) is 6.07 Å². The average Bonchev–Trinajstić information content (AvgIpc) is 2.29. The summed E-state index contributed by atoms with van der Waals surface area (Å²) in [7, 11) is 0. The van der Waals surface area contributed by atoms with Crippen molar-refractivity contribution in [1.82, 2.24) is 10.6 Å². The van der Waals surface area contributed by atoms with Gasteiger partial charge in [-0.25, -0.2) is 4.79 Å². The van der Waals surface area contributed by atoms with Gasteiger partial charge in [0.25, 0.3) is 0 Å². The molecule has 0 aromatic heterocycles. The normalized spacial score (nSPS) is 18.5. The van der Waals surface area contributed by atoms with Crippen molar-refractivity contribution >= 4 is 6.03 Å². The van der Waals surface area contributed by atoms with Gasteiger partial charge in [0.05, 0.1) is 12.0 Å². The lowest BCUT2D eigenvalue weighted by atomic mass is 10.0. The van der Waals surface area contributed by atoms with Crippen LogP contribution in [-0.4, -0.2) is 19.1 Å². The second kappa shape index (κ2) is 6.64. The van der Waals surface area contributed by atoms with Gasteiger partial charge in [0.15, 0.2) is 0 Å². The minimum Gasteiger partial charge on any atom is -0.338 e. The van der Waals surface area contributed by atoms with Crippen LogP contribution < -0.4 is 16.4 Å². The van der Waals surface area contributed by atoms with Crippen molar-refractivity contribution in [1.29, 1.82) is 5.26 Å². The molecule has 0 saturated heterocycles. The number of urea groups is 1. The molecule has 0 saturated carbocycles. The zero-order valence-corrected chi connectivity index (χ0v) is 9.07. The zero-order chi connectivity index (χ0) is 11.8. The van der Waals surface area contributed by atoms with E-state index in [0.717, 1.165) is 6.42 Å². The van der Waals surface area contributed by atoms with Crippen LogP contribution in [0.2, 0.25) is 0 Å². The van der Waals surface area contributed by atoms with Crippen LogP contribution >= 0.6 is 0 Å². The Hall–Kier alpha value is -1.80. The van der Waals surface area contributed by atoms with Gasteiger partial charge in [-0.15, -0.1) is 0 Å². The molecule has 5 heteroatoms. The summed E-state index contributed by atoms with van der Waals surface area (Å²) >= 11 is 0. The smallest absolute Gasteiger partial charge is 0.319 e. The lowest BCUT2D eigenvalue weighted by molar-refractivity contribution is 0.243. The SMILES string of the molecule is N#CC1C=C(NC(=O)NCCCN)C=CC1. The molecule has 0 heterocycles. The Morgan fingerprint density at radius 1 is 1.69 bits per heavy atom. The first-order chi connectivity index (χ1) is 7.76. The molecule has 1 rings (SSSR count). The predicted molar refractivity (Wildman–Crippen MR) is 61.1 cm³/mol. The molecule has 1 aliphatic rings. The molecule has 0 spiro atoms. The number of nitrogens with two attached hydrogens (primary N) is 1. The minimum absolute atomic E-state index is 0.149. The van der Waals surface area contributed by atoms with E-state index in [2.05, 4.69) is 16.7 Å². The summed E-state index contributed by atoms with van der Waals surface area (Å²) in [4.78, 5) is 11.4. The summed E-state index contributed by atoms with van der Waals surface area (Å²) in [6.45, 7) is 1.11. The quantitative estimate of drug-likeness (QED) is 0.606. The van der Waals surface area contributed by atoms with Gasteiger partial charge in [0.1, 0.15) is 0 Å². The molecule has 0 aromatic carbocycles. The van der Waals surface area contributed by atoms with Crippen molar-refractivity contribution in [3.05, 3.63) is 23.9 Å². The van der Waals surface area contributed by atoms with E-state index in [0.29, 0.717) is 25.2 Å². The molecule has 1 atom stereocenters. The molecule has 1 unspecified atom stereocenters. The Morgan fingerprint density at radius 3 is 3.19 bits per heavy atom. The molecule has 0 aromatic rings. The summed E-state index contributed by atoms with van der Waals surface area (Å²) in [6.07, 6.45) is 6.89. The van der Waals surface area contributed by atoms with Crippen LogP contribution in [0, 0.1) is 17.2 Å². The molecule has 2 amide bonds. The van der Waals surface area contributed by atoms with Crippen LogP contribution in [-0.2, 0) is 0 Å². The number of nitriles is 1. The first kappa shape index (κ1) is 12.3. The van der Waals surface area contributed by atoms with Crippen LogP contribution in [0.3, 0.4) is 0 Å². The fraction of sp³-hybridized carbons (Fsp3) is 0.455. The third kappa shape index (κ3) is 4.15. The van der Waals surface area contributed by atoms with Crippen molar-refractivity contribution in [3.63, 3.8) is 0 Å². The Kier molecular flexibility index (Phi) is 5.09.